The maximum absolute atomic E-state index is 12.4. The first kappa shape index (κ1) is 16.4. The zero-order chi connectivity index (χ0) is 16.9. The largest absolute Gasteiger partial charge is 0.467 e. The predicted molar refractivity (Wildman–Crippen MR) is 94.7 cm³/mol. The molecule has 2 N–H and O–H groups in total. The minimum atomic E-state index is -0.303. The van der Waals surface area contributed by atoms with Gasteiger partial charge in [0.25, 0.3) is 5.91 Å². The number of hydrogen-bond donors (Lipinski definition) is 2. The van der Waals surface area contributed by atoms with Crippen LogP contribution in [0.25, 0.3) is 0 Å². The molecule has 0 spiro atoms. The minimum Gasteiger partial charge on any atom is -0.467 e. The third-order valence-electron chi connectivity index (χ3n) is 3.22. The van der Waals surface area contributed by atoms with Crippen LogP contribution < -0.4 is 10.6 Å². The van der Waals surface area contributed by atoms with Gasteiger partial charge in [-0.15, -0.1) is 0 Å². The van der Waals surface area contributed by atoms with Gasteiger partial charge in [0.2, 0.25) is 0 Å². The van der Waals surface area contributed by atoms with Crippen molar-refractivity contribution in [3.63, 3.8) is 0 Å². The molecular formula is C17H13Cl2N3O2. The number of amides is 1. The molecule has 0 unspecified atom stereocenters. The van der Waals surface area contributed by atoms with Crippen LogP contribution in [0, 0.1) is 0 Å². The number of carbonyl (C=O) groups excluding carboxylic acids is 1. The lowest BCUT2D eigenvalue weighted by atomic mass is 10.2. The number of benzene rings is 1. The quantitative estimate of drug-likeness (QED) is 0.681. The van der Waals surface area contributed by atoms with Crippen LogP contribution >= 0.6 is 23.2 Å². The van der Waals surface area contributed by atoms with Gasteiger partial charge in [0.15, 0.2) is 0 Å². The summed E-state index contributed by atoms with van der Waals surface area (Å²) in [5.74, 6) is 1.04. The molecule has 5 nitrogen and oxygen atoms in total. The van der Waals surface area contributed by atoms with Gasteiger partial charge in [-0.1, -0.05) is 23.2 Å². The summed E-state index contributed by atoms with van der Waals surface area (Å²) >= 11 is 12.0. The van der Waals surface area contributed by atoms with Gasteiger partial charge in [0, 0.05) is 16.8 Å². The van der Waals surface area contributed by atoms with Crippen molar-refractivity contribution < 1.29 is 9.21 Å². The summed E-state index contributed by atoms with van der Waals surface area (Å²) in [4.78, 5) is 16.6. The number of carbonyl (C=O) groups is 1. The molecular weight excluding hydrogens is 349 g/mol. The van der Waals surface area contributed by atoms with Crippen molar-refractivity contribution in [2.24, 2.45) is 0 Å². The summed E-state index contributed by atoms with van der Waals surface area (Å²) < 4.78 is 5.24. The Morgan fingerprint density at radius 3 is 2.83 bits per heavy atom. The molecule has 0 atom stereocenters. The van der Waals surface area contributed by atoms with Crippen LogP contribution in [0.3, 0.4) is 0 Å². The Balaban J connectivity index is 1.70. The SMILES string of the molecule is O=C(Nc1cc(Cl)ccc1Cl)c1ccnc(NCc2ccco2)c1. The monoisotopic (exact) mass is 361 g/mol. The molecule has 0 radical (unpaired) electrons. The molecule has 2 aromatic heterocycles. The van der Waals surface area contributed by atoms with E-state index in [0.717, 1.165) is 5.76 Å². The number of nitrogens with zero attached hydrogens (tertiary/aromatic N) is 1. The van der Waals surface area contributed by atoms with Crippen molar-refractivity contribution in [1.82, 2.24) is 4.98 Å². The van der Waals surface area contributed by atoms with Crippen LogP contribution in [-0.4, -0.2) is 10.9 Å². The van der Waals surface area contributed by atoms with Crippen LogP contribution in [0.1, 0.15) is 16.1 Å². The summed E-state index contributed by atoms with van der Waals surface area (Å²) in [5.41, 5.74) is 0.902. The molecule has 0 aliphatic rings. The molecule has 0 saturated heterocycles. The zero-order valence-corrected chi connectivity index (χ0v) is 13.9. The lowest BCUT2D eigenvalue weighted by Crippen LogP contribution is -2.13. The second-order valence-corrected chi connectivity index (χ2v) is 5.78. The Morgan fingerprint density at radius 2 is 2.04 bits per heavy atom. The van der Waals surface area contributed by atoms with Crippen molar-refractivity contribution in [2.45, 2.75) is 6.54 Å². The molecule has 0 saturated carbocycles. The average Bonchev–Trinajstić information content (AvgIpc) is 3.10. The summed E-state index contributed by atoms with van der Waals surface area (Å²) in [6.45, 7) is 0.477. The molecule has 0 aliphatic heterocycles. The van der Waals surface area contributed by atoms with E-state index in [1.54, 1.807) is 42.8 Å². The lowest BCUT2D eigenvalue weighted by Gasteiger charge is -2.09. The number of rotatable bonds is 5. The van der Waals surface area contributed by atoms with E-state index in [1.165, 1.54) is 0 Å². The van der Waals surface area contributed by atoms with E-state index in [4.69, 9.17) is 27.6 Å². The van der Waals surface area contributed by atoms with Gasteiger partial charge in [0.1, 0.15) is 11.6 Å². The maximum Gasteiger partial charge on any atom is 0.255 e. The average molecular weight is 362 g/mol. The summed E-state index contributed by atoms with van der Waals surface area (Å²) in [5, 5.41) is 6.74. The molecule has 0 fully saturated rings. The summed E-state index contributed by atoms with van der Waals surface area (Å²) in [6.07, 6.45) is 3.15. The number of anilines is 2. The molecule has 122 valence electrons. The van der Waals surface area contributed by atoms with E-state index in [1.807, 2.05) is 12.1 Å². The number of hydrogen-bond acceptors (Lipinski definition) is 4. The Bertz CT molecular complexity index is 851. The van der Waals surface area contributed by atoms with Gasteiger partial charge in [-0.05, 0) is 42.5 Å². The first-order valence-corrected chi connectivity index (χ1v) is 7.86. The van der Waals surface area contributed by atoms with Gasteiger partial charge < -0.3 is 15.1 Å². The molecule has 1 aromatic carbocycles. The normalized spacial score (nSPS) is 10.4. The summed E-state index contributed by atoms with van der Waals surface area (Å²) in [6, 6.07) is 11.8. The standard InChI is InChI=1S/C17H13Cl2N3O2/c18-12-3-4-14(19)15(9-12)22-17(23)11-5-6-20-16(8-11)21-10-13-2-1-7-24-13/h1-9H,10H2,(H,20,21)(H,22,23). The fourth-order valence-electron chi connectivity index (χ4n) is 2.05. The third kappa shape index (κ3) is 4.07. The van der Waals surface area contributed by atoms with Crippen molar-refractivity contribution in [3.8, 4) is 0 Å². The lowest BCUT2D eigenvalue weighted by molar-refractivity contribution is 0.102. The highest BCUT2D eigenvalue weighted by molar-refractivity contribution is 6.35. The highest BCUT2D eigenvalue weighted by Crippen LogP contribution is 2.26. The predicted octanol–water partition coefficient (Wildman–Crippen LogP) is 4.85. The van der Waals surface area contributed by atoms with E-state index in [-0.39, 0.29) is 5.91 Å². The minimum absolute atomic E-state index is 0.303. The van der Waals surface area contributed by atoms with Crippen molar-refractivity contribution in [3.05, 3.63) is 76.3 Å². The van der Waals surface area contributed by atoms with Crippen LogP contribution in [-0.2, 0) is 6.54 Å². The van der Waals surface area contributed by atoms with Crippen LogP contribution in [0.5, 0.6) is 0 Å². The third-order valence-corrected chi connectivity index (χ3v) is 3.79. The molecule has 3 aromatic rings. The number of pyridine rings is 1. The van der Waals surface area contributed by atoms with E-state index < -0.39 is 0 Å². The Morgan fingerprint density at radius 1 is 1.17 bits per heavy atom. The fraction of sp³-hybridized carbons (Fsp3) is 0.0588. The second kappa shape index (κ2) is 7.38. The highest BCUT2D eigenvalue weighted by Gasteiger charge is 2.10. The zero-order valence-electron chi connectivity index (χ0n) is 12.4. The molecule has 24 heavy (non-hydrogen) atoms. The van der Waals surface area contributed by atoms with Gasteiger partial charge in [-0.25, -0.2) is 4.98 Å². The maximum atomic E-state index is 12.4. The van der Waals surface area contributed by atoms with Gasteiger partial charge >= 0.3 is 0 Å². The van der Waals surface area contributed by atoms with Crippen molar-refractivity contribution >= 4 is 40.6 Å². The van der Waals surface area contributed by atoms with E-state index in [2.05, 4.69) is 15.6 Å². The molecule has 0 bridgehead atoms. The van der Waals surface area contributed by atoms with E-state index in [0.29, 0.717) is 33.7 Å². The van der Waals surface area contributed by atoms with Gasteiger partial charge in [0.05, 0.1) is 23.5 Å². The van der Waals surface area contributed by atoms with Crippen molar-refractivity contribution in [1.29, 1.82) is 0 Å². The second-order valence-electron chi connectivity index (χ2n) is 4.94. The van der Waals surface area contributed by atoms with E-state index >= 15 is 0 Å². The highest BCUT2D eigenvalue weighted by atomic mass is 35.5. The number of aromatic nitrogens is 1. The van der Waals surface area contributed by atoms with E-state index in [9.17, 15) is 4.79 Å². The molecule has 7 heteroatoms. The molecule has 3 rings (SSSR count). The smallest absolute Gasteiger partial charge is 0.255 e. The fourth-order valence-corrected chi connectivity index (χ4v) is 2.38. The molecule has 1 amide bonds. The summed E-state index contributed by atoms with van der Waals surface area (Å²) in [7, 11) is 0. The topological polar surface area (TPSA) is 67.2 Å². The van der Waals surface area contributed by atoms with Crippen molar-refractivity contribution in [2.75, 3.05) is 10.6 Å². The Hall–Kier alpha value is -2.50. The number of halogens is 2. The number of furan rings is 1. The Labute approximate surface area is 148 Å². The molecule has 0 aliphatic carbocycles. The first-order valence-electron chi connectivity index (χ1n) is 7.10. The molecule has 2 heterocycles. The van der Waals surface area contributed by atoms with Crippen LogP contribution in [0.2, 0.25) is 10.0 Å². The van der Waals surface area contributed by atoms with Gasteiger partial charge in [-0.3, -0.25) is 4.79 Å². The van der Waals surface area contributed by atoms with Gasteiger partial charge in [-0.2, -0.15) is 0 Å². The number of nitrogens with one attached hydrogen (secondary N) is 2. The first-order chi connectivity index (χ1) is 11.6. The van der Waals surface area contributed by atoms with Crippen LogP contribution in [0.15, 0.2) is 59.3 Å². The Kier molecular flexibility index (Phi) is 5.03. The van der Waals surface area contributed by atoms with Crippen LogP contribution in [0.4, 0.5) is 11.5 Å².